The van der Waals surface area contributed by atoms with Crippen molar-refractivity contribution in [3.05, 3.63) is 58.7 Å². The lowest BCUT2D eigenvalue weighted by Gasteiger charge is -2.35. The average Bonchev–Trinajstić information content (AvgIpc) is 2.78. The predicted molar refractivity (Wildman–Crippen MR) is 113 cm³/mol. The van der Waals surface area contributed by atoms with Crippen molar-refractivity contribution in [3.8, 4) is 11.5 Å². The second-order valence-corrected chi connectivity index (χ2v) is 9.55. The summed E-state index contributed by atoms with van der Waals surface area (Å²) in [6, 6.07) is 3.33. The maximum atomic E-state index is 14.8. The van der Waals surface area contributed by atoms with Crippen LogP contribution in [0.5, 0.6) is 11.5 Å². The molecule has 2 nitrogen and oxygen atoms in total. The van der Waals surface area contributed by atoms with E-state index >= 15 is 0 Å². The smallest absolute Gasteiger partial charge is 0.429 e. The molecule has 0 aliphatic heterocycles. The maximum Gasteiger partial charge on any atom is 0.429 e. The first-order valence-electron chi connectivity index (χ1n) is 10.4. The van der Waals surface area contributed by atoms with Crippen LogP contribution in [0.3, 0.4) is 0 Å². The van der Waals surface area contributed by atoms with E-state index in [0.29, 0.717) is 38.2 Å². The quantitative estimate of drug-likeness (QED) is 0.273. The summed E-state index contributed by atoms with van der Waals surface area (Å²) in [6.07, 6.45) is -1.73. The molecule has 10 heteroatoms. The molecular formula is C23H22Cl2F6O2. The van der Waals surface area contributed by atoms with Gasteiger partial charge in [0.1, 0.15) is 9.90 Å². The van der Waals surface area contributed by atoms with E-state index in [9.17, 15) is 26.3 Å². The molecule has 33 heavy (non-hydrogen) atoms. The van der Waals surface area contributed by atoms with Gasteiger partial charge in [0.2, 0.25) is 11.6 Å². The summed E-state index contributed by atoms with van der Waals surface area (Å²) in [4.78, 5) is 0. The highest BCUT2D eigenvalue weighted by Crippen LogP contribution is 2.47. The van der Waals surface area contributed by atoms with E-state index in [1.807, 2.05) is 6.92 Å². The van der Waals surface area contributed by atoms with Gasteiger partial charge in [0.15, 0.2) is 23.1 Å². The zero-order chi connectivity index (χ0) is 24.6. The standard InChI is InChI=1S/C23H22Cl2F6O2/c1-3-22(24,25)13-6-4-12(5-7-13)14-8-10-17(21(29)18(14)26)33-23(30,31)15-9-11-16(32-2)20(28)19(15)27/h8-13H,3-7H2,1-2H3. The van der Waals surface area contributed by atoms with Crippen LogP contribution in [0.15, 0.2) is 24.3 Å². The minimum Gasteiger partial charge on any atom is -0.494 e. The molecule has 0 unspecified atom stereocenters. The van der Waals surface area contributed by atoms with E-state index in [-0.39, 0.29) is 17.4 Å². The van der Waals surface area contributed by atoms with Crippen molar-refractivity contribution in [1.82, 2.24) is 0 Å². The molecule has 0 radical (unpaired) electrons. The molecule has 1 aliphatic rings. The van der Waals surface area contributed by atoms with E-state index in [1.54, 1.807) is 0 Å². The van der Waals surface area contributed by atoms with Gasteiger partial charge in [0.25, 0.3) is 0 Å². The lowest BCUT2D eigenvalue weighted by atomic mass is 9.76. The Morgan fingerprint density at radius 3 is 2.00 bits per heavy atom. The van der Waals surface area contributed by atoms with Gasteiger partial charge >= 0.3 is 6.11 Å². The van der Waals surface area contributed by atoms with Gasteiger partial charge in [-0.3, -0.25) is 0 Å². The molecule has 2 aromatic carbocycles. The Morgan fingerprint density at radius 2 is 1.42 bits per heavy atom. The second-order valence-electron chi connectivity index (χ2n) is 8.01. The van der Waals surface area contributed by atoms with Crippen molar-refractivity contribution in [1.29, 1.82) is 0 Å². The predicted octanol–water partition coefficient (Wildman–Crippen LogP) is 8.24. The van der Waals surface area contributed by atoms with Crippen molar-refractivity contribution < 1.29 is 35.8 Å². The highest BCUT2D eigenvalue weighted by Gasteiger charge is 2.41. The summed E-state index contributed by atoms with van der Waals surface area (Å²) in [6.45, 7) is 1.86. The first kappa shape index (κ1) is 25.8. The molecule has 0 saturated heterocycles. The van der Waals surface area contributed by atoms with Gasteiger partial charge in [0.05, 0.1) is 7.11 Å². The molecule has 1 aliphatic carbocycles. The fourth-order valence-corrected chi connectivity index (χ4v) is 4.60. The number of methoxy groups -OCH3 is 1. The fraction of sp³-hybridized carbons (Fsp3) is 0.478. The van der Waals surface area contributed by atoms with E-state index in [0.717, 1.165) is 25.3 Å². The third kappa shape index (κ3) is 5.16. The first-order chi connectivity index (χ1) is 15.4. The summed E-state index contributed by atoms with van der Waals surface area (Å²) < 4.78 is 94.2. The Labute approximate surface area is 197 Å². The van der Waals surface area contributed by atoms with Gasteiger partial charge in [-0.05, 0) is 67.7 Å². The number of alkyl halides is 4. The second kappa shape index (κ2) is 9.82. The van der Waals surface area contributed by atoms with E-state index < -0.39 is 50.8 Å². The molecule has 182 valence electrons. The third-order valence-electron chi connectivity index (χ3n) is 6.13. The normalized spacial score (nSPS) is 19.5. The molecule has 0 amide bonds. The Bertz CT molecular complexity index is 1010. The summed E-state index contributed by atoms with van der Waals surface area (Å²) >= 11 is 12.6. The van der Waals surface area contributed by atoms with Crippen molar-refractivity contribution in [3.63, 3.8) is 0 Å². The van der Waals surface area contributed by atoms with Crippen LogP contribution in [-0.2, 0) is 6.11 Å². The van der Waals surface area contributed by atoms with Crippen molar-refractivity contribution in [2.75, 3.05) is 7.11 Å². The average molecular weight is 515 g/mol. The van der Waals surface area contributed by atoms with Crippen molar-refractivity contribution >= 4 is 23.2 Å². The maximum absolute atomic E-state index is 14.8. The van der Waals surface area contributed by atoms with Crippen LogP contribution in [0.4, 0.5) is 26.3 Å². The third-order valence-corrected chi connectivity index (χ3v) is 7.28. The SMILES string of the molecule is CCC(Cl)(Cl)C1CCC(c2ccc(OC(F)(F)c3ccc(OC)c(F)c3F)c(F)c2F)CC1. The number of rotatable bonds is 7. The summed E-state index contributed by atoms with van der Waals surface area (Å²) in [5.41, 5.74) is -1.46. The van der Waals surface area contributed by atoms with Gasteiger partial charge in [-0.15, -0.1) is 23.2 Å². The van der Waals surface area contributed by atoms with Crippen LogP contribution in [0, 0.1) is 29.2 Å². The Balaban J connectivity index is 1.81. The highest BCUT2D eigenvalue weighted by molar-refractivity contribution is 6.48. The molecular weight excluding hydrogens is 493 g/mol. The largest absolute Gasteiger partial charge is 0.494 e. The fourth-order valence-electron chi connectivity index (χ4n) is 4.16. The molecule has 2 aromatic rings. The number of halogens is 8. The summed E-state index contributed by atoms with van der Waals surface area (Å²) in [7, 11) is 1.03. The Morgan fingerprint density at radius 1 is 0.848 bits per heavy atom. The van der Waals surface area contributed by atoms with E-state index in [4.69, 9.17) is 23.2 Å². The first-order valence-corrected chi connectivity index (χ1v) is 11.1. The summed E-state index contributed by atoms with van der Waals surface area (Å²) in [5.74, 6) is -8.60. The monoisotopic (exact) mass is 514 g/mol. The Hall–Kier alpha value is -1.80. The van der Waals surface area contributed by atoms with Gasteiger partial charge in [-0.2, -0.15) is 17.6 Å². The topological polar surface area (TPSA) is 18.5 Å². The molecule has 0 N–H and O–H groups in total. The minimum absolute atomic E-state index is 0.0103. The molecule has 0 aromatic heterocycles. The zero-order valence-corrected chi connectivity index (χ0v) is 19.4. The zero-order valence-electron chi connectivity index (χ0n) is 17.8. The van der Waals surface area contributed by atoms with Crippen LogP contribution in [0.25, 0.3) is 0 Å². The van der Waals surface area contributed by atoms with Gasteiger partial charge in [-0.25, -0.2) is 8.78 Å². The van der Waals surface area contributed by atoms with Crippen LogP contribution in [0.2, 0.25) is 0 Å². The lowest BCUT2D eigenvalue weighted by molar-refractivity contribution is -0.189. The van der Waals surface area contributed by atoms with Crippen LogP contribution in [0.1, 0.15) is 56.1 Å². The molecule has 1 saturated carbocycles. The number of hydrogen-bond donors (Lipinski definition) is 0. The molecule has 0 bridgehead atoms. The molecule has 0 heterocycles. The Kier molecular flexibility index (Phi) is 7.68. The molecule has 3 rings (SSSR count). The van der Waals surface area contributed by atoms with Crippen LogP contribution < -0.4 is 9.47 Å². The van der Waals surface area contributed by atoms with Gasteiger partial charge in [0, 0.05) is 0 Å². The summed E-state index contributed by atoms with van der Waals surface area (Å²) in [5, 5.41) is 0. The number of benzene rings is 2. The van der Waals surface area contributed by atoms with E-state index in [2.05, 4.69) is 9.47 Å². The van der Waals surface area contributed by atoms with Crippen molar-refractivity contribution in [2.45, 2.75) is 55.4 Å². The minimum atomic E-state index is -4.48. The van der Waals surface area contributed by atoms with Gasteiger partial charge in [-0.1, -0.05) is 13.0 Å². The van der Waals surface area contributed by atoms with Crippen LogP contribution in [-0.4, -0.2) is 11.4 Å². The molecule has 0 spiro atoms. The lowest BCUT2D eigenvalue weighted by Crippen LogP contribution is -2.29. The van der Waals surface area contributed by atoms with Crippen LogP contribution >= 0.6 is 23.2 Å². The molecule has 1 fully saturated rings. The highest BCUT2D eigenvalue weighted by atomic mass is 35.5. The number of ether oxygens (including phenoxy) is 2. The van der Waals surface area contributed by atoms with E-state index in [1.165, 1.54) is 0 Å². The van der Waals surface area contributed by atoms with Gasteiger partial charge < -0.3 is 9.47 Å². The van der Waals surface area contributed by atoms with Crippen molar-refractivity contribution in [2.24, 2.45) is 5.92 Å². The number of hydrogen-bond acceptors (Lipinski definition) is 2. The molecule has 0 atom stereocenters.